The minimum Gasteiger partial charge on any atom is -0.313 e. The highest BCUT2D eigenvalue weighted by molar-refractivity contribution is 7.89. The molecule has 1 rings (SSSR count). The van der Waals surface area contributed by atoms with Crippen molar-refractivity contribution < 1.29 is 8.42 Å². The molecular weight excluding hydrogens is 286 g/mol. The van der Waals surface area contributed by atoms with Gasteiger partial charge in [0, 0.05) is 13.1 Å². The molecule has 0 saturated carbocycles. The Bertz CT molecular complexity index is 515. The first-order valence-electron chi connectivity index (χ1n) is 7.40. The summed E-state index contributed by atoms with van der Waals surface area (Å²) in [6.45, 7) is 4.86. The van der Waals surface area contributed by atoms with Crippen molar-refractivity contribution in [1.29, 1.82) is 0 Å². The van der Waals surface area contributed by atoms with E-state index in [1.807, 2.05) is 31.1 Å². The molecule has 1 aromatic rings. The zero-order valence-corrected chi connectivity index (χ0v) is 14.0. The van der Waals surface area contributed by atoms with Gasteiger partial charge in [0.05, 0.1) is 4.90 Å². The maximum absolute atomic E-state index is 12.4. The number of nitrogens with zero attached hydrogens (tertiary/aromatic N) is 1. The summed E-state index contributed by atoms with van der Waals surface area (Å²) >= 11 is 0. The summed E-state index contributed by atoms with van der Waals surface area (Å²) < 4.78 is 27.4. The van der Waals surface area contributed by atoms with E-state index in [4.69, 9.17) is 0 Å². The van der Waals surface area contributed by atoms with E-state index in [0.717, 1.165) is 31.5 Å². The first-order valence-corrected chi connectivity index (χ1v) is 8.88. The molecule has 0 saturated heterocycles. The van der Waals surface area contributed by atoms with Crippen molar-refractivity contribution in [2.24, 2.45) is 0 Å². The van der Waals surface area contributed by atoms with Crippen LogP contribution in [0.4, 0.5) is 0 Å². The monoisotopic (exact) mass is 313 g/mol. The summed E-state index contributed by atoms with van der Waals surface area (Å²) in [6.07, 6.45) is 1.82. The van der Waals surface area contributed by atoms with Crippen molar-refractivity contribution in [3.05, 3.63) is 29.8 Å². The van der Waals surface area contributed by atoms with Gasteiger partial charge in [0.1, 0.15) is 0 Å². The van der Waals surface area contributed by atoms with Crippen LogP contribution >= 0.6 is 0 Å². The Labute approximate surface area is 128 Å². The quantitative estimate of drug-likeness (QED) is 0.641. The molecule has 120 valence electrons. The molecule has 0 unspecified atom stereocenters. The van der Waals surface area contributed by atoms with E-state index in [9.17, 15) is 8.42 Å². The number of rotatable bonds is 10. The molecule has 0 fully saturated rings. The van der Waals surface area contributed by atoms with Crippen LogP contribution in [-0.2, 0) is 16.6 Å². The summed E-state index contributed by atoms with van der Waals surface area (Å²) in [7, 11) is 0.516. The van der Waals surface area contributed by atoms with Crippen molar-refractivity contribution >= 4 is 10.0 Å². The van der Waals surface area contributed by atoms with Gasteiger partial charge in [0.2, 0.25) is 10.0 Å². The topological polar surface area (TPSA) is 61.4 Å². The van der Waals surface area contributed by atoms with E-state index in [0.29, 0.717) is 18.0 Å². The van der Waals surface area contributed by atoms with Gasteiger partial charge in [-0.1, -0.05) is 25.1 Å². The average molecular weight is 313 g/mol. The molecule has 0 aromatic heterocycles. The molecule has 0 aliphatic carbocycles. The Morgan fingerprint density at radius 1 is 1.14 bits per heavy atom. The Kier molecular flexibility index (Phi) is 7.88. The fraction of sp³-hybridized carbons (Fsp3) is 0.600. The SMILES string of the molecule is CCCNCc1ccccc1S(=O)(=O)NCCCN(C)C. The molecule has 5 nitrogen and oxygen atoms in total. The lowest BCUT2D eigenvalue weighted by Gasteiger charge is -2.13. The zero-order valence-electron chi connectivity index (χ0n) is 13.2. The number of sulfonamides is 1. The van der Waals surface area contributed by atoms with Gasteiger partial charge in [-0.05, 0) is 51.7 Å². The van der Waals surface area contributed by atoms with Crippen molar-refractivity contribution in [2.45, 2.75) is 31.2 Å². The molecule has 0 heterocycles. The second-order valence-corrected chi connectivity index (χ2v) is 7.07. The Balaban J connectivity index is 2.68. The third kappa shape index (κ3) is 6.56. The number of hydrogen-bond acceptors (Lipinski definition) is 4. The summed E-state index contributed by atoms with van der Waals surface area (Å²) in [5, 5.41) is 3.25. The normalized spacial score (nSPS) is 12.0. The van der Waals surface area contributed by atoms with Crippen LogP contribution in [0.25, 0.3) is 0 Å². The van der Waals surface area contributed by atoms with Gasteiger partial charge in [-0.15, -0.1) is 0 Å². The number of benzene rings is 1. The van der Waals surface area contributed by atoms with E-state index >= 15 is 0 Å². The fourth-order valence-corrected chi connectivity index (χ4v) is 3.30. The van der Waals surface area contributed by atoms with Crippen LogP contribution in [0.2, 0.25) is 0 Å². The molecular formula is C15H27N3O2S. The van der Waals surface area contributed by atoms with Crippen molar-refractivity contribution in [1.82, 2.24) is 14.9 Å². The summed E-state index contributed by atoms with van der Waals surface area (Å²) in [5.41, 5.74) is 0.811. The number of hydrogen-bond donors (Lipinski definition) is 2. The molecule has 0 radical (unpaired) electrons. The van der Waals surface area contributed by atoms with E-state index in [1.165, 1.54) is 0 Å². The van der Waals surface area contributed by atoms with Gasteiger partial charge in [-0.2, -0.15) is 0 Å². The predicted molar refractivity (Wildman–Crippen MR) is 86.8 cm³/mol. The first kappa shape index (κ1) is 18.1. The molecule has 6 heteroatoms. The van der Waals surface area contributed by atoms with Crippen molar-refractivity contribution in [3.63, 3.8) is 0 Å². The van der Waals surface area contributed by atoms with Crippen LogP contribution in [0, 0.1) is 0 Å². The van der Waals surface area contributed by atoms with E-state index in [2.05, 4.69) is 17.0 Å². The van der Waals surface area contributed by atoms with Gasteiger partial charge in [-0.25, -0.2) is 13.1 Å². The molecule has 0 atom stereocenters. The fourth-order valence-electron chi connectivity index (χ4n) is 1.99. The molecule has 2 N–H and O–H groups in total. The lowest BCUT2D eigenvalue weighted by atomic mass is 10.2. The van der Waals surface area contributed by atoms with Gasteiger partial charge < -0.3 is 10.2 Å². The van der Waals surface area contributed by atoms with Gasteiger partial charge >= 0.3 is 0 Å². The smallest absolute Gasteiger partial charge is 0.240 e. The van der Waals surface area contributed by atoms with E-state index in [-0.39, 0.29) is 0 Å². The maximum atomic E-state index is 12.4. The molecule has 0 spiro atoms. The molecule has 0 bridgehead atoms. The Morgan fingerprint density at radius 2 is 1.86 bits per heavy atom. The van der Waals surface area contributed by atoms with Crippen LogP contribution in [0.3, 0.4) is 0 Å². The highest BCUT2D eigenvalue weighted by Gasteiger charge is 2.17. The minimum absolute atomic E-state index is 0.374. The maximum Gasteiger partial charge on any atom is 0.240 e. The van der Waals surface area contributed by atoms with Gasteiger partial charge in [-0.3, -0.25) is 0 Å². The molecule has 0 aliphatic rings. The third-order valence-electron chi connectivity index (χ3n) is 3.08. The molecule has 0 aliphatic heterocycles. The molecule has 1 aromatic carbocycles. The molecule has 21 heavy (non-hydrogen) atoms. The minimum atomic E-state index is -3.43. The second-order valence-electron chi connectivity index (χ2n) is 5.34. The van der Waals surface area contributed by atoms with Crippen molar-refractivity contribution in [2.75, 3.05) is 33.7 Å². The van der Waals surface area contributed by atoms with Crippen LogP contribution in [-0.4, -0.2) is 47.0 Å². The lowest BCUT2D eigenvalue weighted by Crippen LogP contribution is -2.28. The van der Waals surface area contributed by atoms with Gasteiger partial charge in [0.25, 0.3) is 0 Å². The molecule has 0 amide bonds. The highest BCUT2D eigenvalue weighted by atomic mass is 32.2. The summed E-state index contributed by atoms with van der Waals surface area (Å²) in [5.74, 6) is 0. The Hall–Kier alpha value is -0.950. The summed E-state index contributed by atoms with van der Waals surface area (Å²) in [4.78, 5) is 2.41. The van der Waals surface area contributed by atoms with E-state index < -0.39 is 10.0 Å². The highest BCUT2D eigenvalue weighted by Crippen LogP contribution is 2.15. The first-order chi connectivity index (χ1) is 9.97. The second kappa shape index (κ2) is 9.15. The summed E-state index contributed by atoms with van der Waals surface area (Å²) in [6, 6.07) is 7.15. The average Bonchev–Trinajstić information content (AvgIpc) is 2.44. The van der Waals surface area contributed by atoms with Crippen LogP contribution < -0.4 is 10.0 Å². The Morgan fingerprint density at radius 3 is 2.52 bits per heavy atom. The third-order valence-corrected chi connectivity index (χ3v) is 4.64. The standard InChI is InChI=1S/C15H27N3O2S/c1-4-10-16-13-14-8-5-6-9-15(14)21(19,20)17-11-7-12-18(2)3/h5-6,8-9,16-17H,4,7,10-13H2,1-3H3. The van der Waals surface area contributed by atoms with Crippen LogP contribution in [0.1, 0.15) is 25.3 Å². The number of nitrogens with one attached hydrogen (secondary N) is 2. The van der Waals surface area contributed by atoms with Gasteiger partial charge in [0.15, 0.2) is 0 Å². The lowest BCUT2D eigenvalue weighted by molar-refractivity contribution is 0.400. The van der Waals surface area contributed by atoms with Crippen LogP contribution in [0.15, 0.2) is 29.2 Å². The predicted octanol–water partition coefficient (Wildman–Crippen LogP) is 1.42. The van der Waals surface area contributed by atoms with Crippen molar-refractivity contribution in [3.8, 4) is 0 Å². The van der Waals surface area contributed by atoms with Crippen LogP contribution in [0.5, 0.6) is 0 Å². The zero-order chi connectivity index (χ0) is 15.7. The van der Waals surface area contributed by atoms with E-state index in [1.54, 1.807) is 12.1 Å². The largest absolute Gasteiger partial charge is 0.313 e.